The van der Waals surface area contributed by atoms with E-state index in [4.69, 9.17) is 16.3 Å². The lowest BCUT2D eigenvalue weighted by molar-refractivity contribution is 0.178. The van der Waals surface area contributed by atoms with Crippen molar-refractivity contribution in [2.45, 2.75) is 13.0 Å². The topological polar surface area (TPSA) is 60.8 Å². The van der Waals surface area contributed by atoms with Crippen LogP contribution in [-0.4, -0.2) is 27.0 Å². The summed E-state index contributed by atoms with van der Waals surface area (Å²) in [5.41, 5.74) is 1.58. The van der Waals surface area contributed by atoms with Gasteiger partial charge in [-0.05, 0) is 18.2 Å². The average Bonchev–Trinajstić information content (AvgIpc) is 2.61. The van der Waals surface area contributed by atoms with E-state index in [0.717, 1.165) is 12.1 Å². The van der Waals surface area contributed by atoms with E-state index in [9.17, 15) is 8.78 Å². The Balaban J connectivity index is 2.04. The molecule has 25 heavy (non-hydrogen) atoms. The van der Waals surface area contributed by atoms with Gasteiger partial charge in [0.15, 0.2) is 17.5 Å². The third kappa shape index (κ3) is 4.12. The minimum absolute atomic E-state index is 0.203. The van der Waals surface area contributed by atoms with Gasteiger partial charge in [-0.15, -0.1) is 0 Å². The molecule has 0 N–H and O–H groups in total. The van der Waals surface area contributed by atoms with Crippen LogP contribution in [0.5, 0.6) is 0 Å². The maximum absolute atomic E-state index is 13.6. The first-order chi connectivity index (χ1) is 12.1. The lowest BCUT2D eigenvalue weighted by atomic mass is 10.0. The lowest BCUT2D eigenvalue weighted by Gasteiger charge is -2.10. The molecule has 0 radical (unpaired) electrons. The number of benzene rings is 1. The van der Waals surface area contributed by atoms with Crippen LogP contribution in [0.25, 0.3) is 11.3 Å². The van der Waals surface area contributed by atoms with Crippen molar-refractivity contribution < 1.29 is 13.5 Å². The molecule has 2 aromatic heterocycles. The van der Waals surface area contributed by atoms with Crippen molar-refractivity contribution >= 4 is 11.6 Å². The summed E-state index contributed by atoms with van der Waals surface area (Å²) in [6.07, 6.45) is 4.90. The third-order valence-corrected chi connectivity index (χ3v) is 3.60. The van der Waals surface area contributed by atoms with E-state index >= 15 is 0 Å². The second-order valence-corrected chi connectivity index (χ2v) is 5.65. The number of halogens is 3. The summed E-state index contributed by atoms with van der Waals surface area (Å²) >= 11 is 5.79. The zero-order valence-electron chi connectivity index (χ0n) is 13.2. The lowest BCUT2D eigenvalue weighted by Crippen LogP contribution is -2.05. The first-order valence-electron chi connectivity index (χ1n) is 7.32. The maximum Gasteiger partial charge on any atom is 0.159 e. The molecule has 0 aliphatic rings. The van der Waals surface area contributed by atoms with E-state index in [1.807, 2.05) is 0 Å². The monoisotopic (exact) mass is 362 g/mol. The molecule has 0 spiro atoms. The highest BCUT2D eigenvalue weighted by molar-refractivity contribution is 6.30. The van der Waals surface area contributed by atoms with Crippen LogP contribution in [0.15, 0.2) is 36.8 Å². The third-order valence-electron chi connectivity index (χ3n) is 3.40. The number of rotatable bonds is 5. The van der Waals surface area contributed by atoms with Gasteiger partial charge in [0.05, 0.1) is 10.7 Å². The van der Waals surface area contributed by atoms with Gasteiger partial charge in [0.2, 0.25) is 0 Å². The van der Waals surface area contributed by atoms with Crippen molar-refractivity contribution in [3.63, 3.8) is 0 Å². The molecule has 0 unspecified atom stereocenters. The Labute approximate surface area is 147 Å². The number of hydrogen-bond acceptors (Lipinski definition) is 5. The smallest absolute Gasteiger partial charge is 0.159 e. The van der Waals surface area contributed by atoms with Gasteiger partial charge in [-0.3, -0.25) is 0 Å². The van der Waals surface area contributed by atoms with Gasteiger partial charge in [0, 0.05) is 43.2 Å². The number of nitrogens with zero attached hydrogens (tertiary/aromatic N) is 4. The Bertz CT molecular complexity index is 890. The number of aromatic nitrogens is 4. The fraction of sp³-hybridized carbons (Fsp3) is 0.176. The van der Waals surface area contributed by atoms with Crippen LogP contribution in [0, 0.1) is 11.6 Å². The van der Waals surface area contributed by atoms with Crippen LogP contribution < -0.4 is 0 Å². The van der Waals surface area contributed by atoms with E-state index in [2.05, 4.69) is 19.9 Å². The van der Waals surface area contributed by atoms with Gasteiger partial charge in [-0.2, -0.15) is 0 Å². The second kappa shape index (κ2) is 7.58. The predicted octanol–water partition coefficient (Wildman–Crippen LogP) is 3.60. The van der Waals surface area contributed by atoms with E-state index in [1.54, 1.807) is 6.20 Å². The van der Waals surface area contributed by atoms with Crippen LogP contribution in [0.3, 0.4) is 0 Å². The average molecular weight is 363 g/mol. The van der Waals surface area contributed by atoms with Crippen LogP contribution in [0.1, 0.15) is 17.2 Å². The summed E-state index contributed by atoms with van der Waals surface area (Å²) < 4.78 is 31.9. The zero-order chi connectivity index (χ0) is 17.8. The molecule has 0 saturated carbocycles. The van der Waals surface area contributed by atoms with Crippen molar-refractivity contribution in [2.75, 3.05) is 7.11 Å². The molecule has 0 saturated heterocycles. The summed E-state index contributed by atoms with van der Waals surface area (Å²) in [6.45, 7) is 0.203. The quantitative estimate of drug-likeness (QED) is 0.694. The molecule has 0 aliphatic carbocycles. The van der Waals surface area contributed by atoms with Gasteiger partial charge in [0.1, 0.15) is 12.4 Å². The summed E-state index contributed by atoms with van der Waals surface area (Å²) in [4.78, 5) is 16.9. The number of methoxy groups -OCH3 is 1. The van der Waals surface area contributed by atoms with Gasteiger partial charge < -0.3 is 4.74 Å². The molecule has 8 heteroatoms. The summed E-state index contributed by atoms with van der Waals surface area (Å²) in [5.74, 6) is -0.921. The molecular formula is C17H13ClF2N4O. The van der Waals surface area contributed by atoms with Crippen molar-refractivity contribution in [2.24, 2.45) is 0 Å². The minimum atomic E-state index is -0.946. The maximum atomic E-state index is 13.6. The number of hydrogen-bond donors (Lipinski definition) is 0. The van der Waals surface area contributed by atoms with E-state index in [0.29, 0.717) is 39.9 Å². The van der Waals surface area contributed by atoms with E-state index < -0.39 is 11.6 Å². The summed E-state index contributed by atoms with van der Waals surface area (Å²) in [7, 11) is 1.52. The number of ether oxygens (including phenoxy) is 1. The molecule has 5 nitrogen and oxygen atoms in total. The Morgan fingerprint density at radius 2 is 1.72 bits per heavy atom. The molecule has 0 fully saturated rings. The normalized spacial score (nSPS) is 10.9. The summed E-state index contributed by atoms with van der Waals surface area (Å²) in [6, 6.07) is 3.62. The van der Waals surface area contributed by atoms with E-state index in [-0.39, 0.29) is 6.61 Å². The Morgan fingerprint density at radius 1 is 1.00 bits per heavy atom. The van der Waals surface area contributed by atoms with Crippen molar-refractivity contribution in [1.82, 2.24) is 19.9 Å². The molecule has 3 rings (SSSR count). The van der Waals surface area contributed by atoms with E-state index in [1.165, 1.54) is 25.6 Å². The molecule has 2 heterocycles. The molecule has 0 aliphatic heterocycles. The Kier molecular flexibility index (Phi) is 5.25. The molecule has 128 valence electrons. The van der Waals surface area contributed by atoms with Crippen LogP contribution >= 0.6 is 11.6 Å². The summed E-state index contributed by atoms with van der Waals surface area (Å²) in [5, 5.41) is 0.427. The molecule has 0 amide bonds. The first kappa shape index (κ1) is 17.3. The van der Waals surface area contributed by atoms with Gasteiger partial charge in [0.25, 0.3) is 0 Å². The Hall–Kier alpha value is -2.51. The van der Waals surface area contributed by atoms with Crippen molar-refractivity contribution in [3.05, 3.63) is 70.7 Å². The first-order valence-corrected chi connectivity index (χ1v) is 7.70. The standard InChI is InChI=1S/C17H13ClF2N4O/c1-25-9-16-21-6-11(5-15-22-7-12(18)8-23-15)17(24-16)10-2-3-13(19)14(20)4-10/h2-4,6-8H,5,9H2,1H3. The molecule has 0 atom stereocenters. The second-order valence-electron chi connectivity index (χ2n) is 5.22. The Morgan fingerprint density at radius 3 is 2.40 bits per heavy atom. The molecular weight excluding hydrogens is 350 g/mol. The van der Waals surface area contributed by atoms with Gasteiger partial charge in [-0.1, -0.05) is 11.6 Å². The molecule has 1 aromatic carbocycles. The van der Waals surface area contributed by atoms with Gasteiger partial charge >= 0.3 is 0 Å². The largest absolute Gasteiger partial charge is 0.377 e. The fourth-order valence-corrected chi connectivity index (χ4v) is 2.36. The zero-order valence-corrected chi connectivity index (χ0v) is 14.0. The fourth-order valence-electron chi connectivity index (χ4n) is 2.27. The van der Waals surface area contributed by atoms with Crippen molar-refractivity contribution in [1.29, 1.82) is 0 Å². The van der Waals surface area contributed by atoms with Gasteiger partial charge in [-0.25, -0.2) is 28.7 Å². The highest BCUT2D eigenvalue weighted by atomic mass is 35.5. The SMILES string of the molecule is COCc1ncc(Cc2ncc(Cl)cn2)c(-c2ccc(F)c(F)c2)n1. The molecule has 0 bridgehead atoms. The van der Waals surface area contributed by atoms with Crippen LogP contribution in [0.4, 0.5) is 8.78 Å². The highest BCUT2D eigenvalue weighted by Crippen LogP contribution is 2.25. The van der Waals surface area contributed by atoms with Crippen LogP contribution in [-0.2, 0) is 17.8 Å². The van der Waals surface area contributed by atoms with Crippen molar-refractivity contribution in [3.8, 4) is 11.3 Å². The predicted molar refractivity (Wildman–Crippen MR) is 87.9 cm³/mol. The highest BCUT2D eigenvalue weighted by Gasteiger charge is 2.14. The van der Waals surface area contributed by atoms with Crippen LogP contribution in [0.2, 0.25) is 5.02 Å². The minimum Gasteiger partial charge on any atom is -0.377 e. The molecule has 3 aromatic rings.